The number of nitrogens with zero attached hydrogens (tertiary/aromatic N) is 3. The van der Waals surface area contributed by atoms with Gasteiger partial charge in [-0.25, -0.2) is 9.13 Å². The van der Waals surface area contributed by atoms with Crippen molar-refractivity contribution >= 4 is 21.8 Å². The fourth-order valence-electron chi connectivity index (χ4n) is 5.52. The molecule has 0 fully saturated rings. The lowest BCUT2D eigenvalue weighted by Crippen LogP contribution is -2.23. The van der Waals surface area contributed by atoms with Gasteiger partial charge in [-0.15, -0.1) is 0 Å². The van der Waals surface area contributed by atoms with Crippen LogP contribution in [0.15, 0.2) is 79.4 Å². The number of benzene rings is 3. The lowest BCUT2D eigenvalue weighted by atomic mass is 9.85. The van der Waals surface area contributed by atoms with E-state index in [9.17, 15) is 0 Å². The van der Waals surface area contributed by atoms with E-state index in [0.29, 0.717) is 0 Å². The Morgan fingerprint density at radius 3 is 1.93 bits per heavy atom. The Morgan fingerprint density at radius 2 is 1.35 bits per heavy atom. The molecule has 0 radical (unpaired) electrons. The molecule has 0 bridgehead atoms. The highest BCUT2D eigenvalue weighted by Crippen LogP contribution is 2.37. The first-order valence-electron chi connectivity index (χ1n) is 14.8. The van der Waals surface area contributed by atoms with Crippen molar-refractivity contribution in [1.29, 1.82) is 0 Å². The van der Waals surface area contributed by atoms with Crippen LogP contribution in [-0.2, 0) is 24.4 Å². The van der Waals surface area contributed by atoms with Gasteiger partial charge in [-0.05, 0) is 84.0 Å². The van der Waals surface area contributed by atoms with E-state index in [1.165, 1.54) is 52.2 Å². The minimum atomic E-state index is 0.0956. The molecule has 0 amide bonds. The summed E-state index contributed by atoms with van der Waals surface area (Å²) in [4.78, 5) is 0. The summed E-state index contributed by atoms with van der Waals surface area (Å²) in [5.41, 5.74) is 6.53. The maximum atomic E-state index is 6.24. The second-order valence-electron chi connectivity index (χ2n) is 13.4. The monoisotopic (exact) mass is 536 g/mol. The summed E-state index contributed by atoms with van der Waals surface area (Å²) >= 11 is 0. The van der Waals surface area contributed by atoms with Crippen molar-refractivity contribution in [1.82, 2.24) is 9.13 Å². The average Bonchev–Trinajstić information content (AvgIpc) is 3.47. The first kappa shape index (κ1) is 28.0. The number of fused-ring (bicyclic) bond motifs is 3. The van der Waals surface area contributed by atoms with Crippen LogP contribution in [0.3, 0.4) is 0 Å². The number of rotatable bonds is 9. The molecule has 0 N–H and O–H groups in total. The van der Waals surface area contributed by atoms with E-state index in [-0.39, 0.29) is 10.8 Å². The second-order valence-corrected chi connectivity index (χ2v) is 13.4. The fraction of sp³-hybridized carbons (Fsp3) is 0.417. The molecule has 2 aromatic heterocycles. The molecule has 0 atom stereocenters. The van der Waals surface area contributed by atoms with Gasteiger partial charge in [0.05, 0.1) is 31.2 Å². The van der Waals surface area contributed by atoms with Crippen molar-refractivity contribution in [2.45, 2.75) is 84.6 Å². The quantitative estimate of drug-likeness (QED) is 0.137. The molecule has 0 saturated carbocycles. The topological polar surface area (TPSA) is 23.0 Å². The van der Waals surface area contributed by atoms with Crippen molar-refractivity contribution in [2.24, 2.45) is 7.05 Å². The smallest absolute Gasteiger partial charge is 0.243 e. The van der Waals surface area contributed by atoms with Crippen LogP contribution in [0.4, 0.5) is 0 Å². The number of ether oxygens (including phenoxy) is 1. The van der Waals surface area contributed by atoms with Crippen LogP contribution in [-0.4, -0.2) is 15.7 Å². The van der Waals surface area contributed by atoms with Crippen LogP contribution >= 0.6 is 0 Å². The van der Waals surface area contributed by atoms with Crippen LogP contribution < -0.4 is 9.30 Å². The molecule has 0 aliphatic carbocycles. The second kappa shape index (κ2) is 11.2. The van der Waals surface area contributed by atoms with Crippen molar-refractivity contribution in [3.8, 4) is 11.4 Å². The fourth-order valence-corrected chi connectivity index (χ4v) is 5.52. The molecule has 5 rings (SSSR count). The third kappa shape index (κ3) is 6.11. The Balaban J connectivity index is 1.36. The van der Waals surface area contributed by atoms with Gasteiger partial charge >= 0.3 is 0 Å². The zero-order chi connectivity index (χ0) is 28.5. The Kier molecular flexibility index (Phi) is 7.81. The van der Waals surface area contributed by atoms with Gasteiger partial charge in [0.15, 0.2) is 0 Å². The van der Waals surface area contributed by atoms with E-state index >= 15 is 0 Å². The maximum absolute atomic E-state index is 6.24. The SMILES string of the molecule is C[n+]1ccn(CCCCCCOc2cccc(-n3c4ccc(C(C)(C)C)cc4c4cc(C(C)(C)C)ccc43)c2)c1. The van der Waals surface area contributed by atoms with E-state index in [0.717, 1.165) is 31.0 Å². The number of hydrogen-bond donors (Lipinski definition) is 0. The number of aromatic nitrogens is 3. The molecule has 2 heterocycles. The molecule has 4 heteroatoms. The third-order valence-electron chi connectivity index (χ3n) is 7.98. The van der Waals surface area contributed by atoms with Crippen molar-refractivity contribution in [3.05, 3.63) is 90.5 Å². The summed E-state index contributed by atoms with van der Waals surface area (Å²) in [5.74, 6) is 0.935. The van der Waals surface area contributed by atoms with E-state index in [1.54, 1.807) is 0 Å². The van der Waals surface area contributed by atoms with Gasteiger partial charge in [0, 0.05) is 22.5 Å². The molecule has 0 unspecified atom stereocenters. The van der Waals surface area contributed by atoms with Gasteiger partial charge in [0.1, 0.15) is 18.1 Å². The summed E-state index contributed by atoms with van der Waals surface area (Å²) < 4.78 is 13.0. The molecule has 0 saturated heterocycles. The Hall–Kier alpha value is -3.53. The van der Waals surface area contributed by atoms with Crippen LogP contribution in [0, 0.1) is 0 Å². The van der Waals surface area contributed by atoms with Crippen LogP contribution in [0.25, 0.3) is 27.5 Å². The number of aryl methyl sites for hydroxylation is 2. The highest BCUT2D eigenvalue weighted by Gasteiger charge is 2.20. The van der Waals surface area contributed by atoms with Crippen molar-refractivity contribution in [2.75, 3.05) is 6.61 Å². The van der Waals surface area contributed by atoms with Crippen LogP contribution in [0.5, 0.6) is 5.75 Å². The number of imidazole rings is 1. The van der Waals surface area contributed by atoms with Gasteiger partial charge in [-0.2, -0.15) is 0 Å². The zero-order valence-corrected chi connectivity index (χ0v) is 25.5. The molecule has 0 aliphatic rings. The third-order valence-corrected chi connectivity index (χ3v) is 7.98. The zero-order valence-electron chi connectivity index (χ0n) is 25.5. The molecule has 0 spiro atoms. The minimum absolute atomic E-state index is 0.0956. The van der Waals surface area contributed by atoms with E-state index in [2.05, 4.69) is 142 Å². The van der Waals surface area contributed by atoms with Crippen molar-refractivity contribution in [3.63, 3.8) is 0 Å². The summed E-state index contributed by atoms with van der Waals surface area (Å²) in [6.45, 7) is 15.6. The predicted octanol–water partition coefficient (Wildman–Crippen LogP) is 8.64. The minimum Gasteiger partial charge on any atom is -0.494 e. The van der Waals surface area contributed by atoms with Crippen molar-refractivity contribution < 1.29 is 9.30 Å². The van der Waals surface area contributed by atoms with E-state index in [1.807, 2.05) is 0 Å². The normalized spacial score (nSPS) is 12.5. The lowest BCUT2D eigenvalue weighted by molar-refractivity contribution is -0.671. The molecule has 0 aliphatic heterocycles. The largest absolute Gasteiger partial charge is 0.494 e. The molecule has 5 aromatic rings. The van der Waals surface area contributed by atoms with Crippen LogP contribution in [0.1, 0.15) is 78.4 Å². The summed E-state index contributed by atoms with van der Waals surface area (Å²) in [6.07, 6.45) is 11.1. The Labute approximate surface area is 240 Å². The average molecular weight is 537 g/mol. The van der Waals surface area contributed by atoms with Gasteiger partial charge in [-0.3, -0.25) is 0 Å². The first-order valence-corrected chi connectivity index (χ1v) is 14.8. The van der Waals surface area contributed by atoms with Gasteiger partial charge < -0.3 is 9.30 Å². The molecule has 3 aromatic carbocycles. The Morgan fingerprint density at radius 1 is 0.725 bits per heavy atom. The van der Waals surface area contributed by atoms with Crippen LogP contribution in [0.2, 0.25) is 0 Å². The molecule has 40 heavy (non-hydrogen) atoms. The highest BCUT2D eigenvalue weighted by molar-refractivity contribution is 6.09. The standard InChI is InChI=1S/C36H46N3O/c1-35(2,3)27-15-17-33-31(23-27)32-24-28(36(4,5)6)16-18-34(32)39(33)29-13-12-14-30(25-29)40-22-11-9-8-10-19-38-21-20-37(7)26-38/h12-18,20-21,23-26H,8-11,19,22H2,1-7H3/q+1. The van der Waals surface area contributed by atoms with E-state index in [4.69, 9.17) is 4.74 Å². The first-order chi connectivity index (χ1) is 19.0. The highest BCUT2D eigenvalue weighted by atomic mass is 16.5. The Bertz CT molecular complexity index is 1540. The summed E-state index contributed by atoms with van der Waals surface area (Å²) in [7, 11) is 2.07. The number of hydrogen-bond acceptors (Lipinski definition) is 1. The number of unbranched alkanes of at least 4 members (excludes halogenated alkanes) is 3. The van der Waals surface area contributed by atoms with E-state index < -0.39 is 0 Å². The maximum Gasteiger partial charge on any atom is 0.243 e. The molecule has 210 valence electrons. The summed E-state index contributed by atoms with van der Waals surface area (Å²) in [6, 6.07) is 22.6. The predicted molar refractivity (Wildman–Crippen MR) is 168 cm³/mol. The van der Waals surface area contributed by atoms with Gasteiger partial charge in [0.25, 0.3) is 0 Å². The molecule has 4 nitrogen and oxygen atoms in total. The lowest BCUT2D eigenvalue weighted by Gasteiger charge is -2.19. The molecular formula is C36H46N3O+. The van der Waals surface area contributed by atoms with Gasteiger partial charge in [-0.1, -0.05) is 59.7 Å². The van der Waals surface area contributed by atoms with Gasteiger partial charge in [0.2, 0.25) is 6.33 Å². The molecular weight excluding hydrogens is 490 g/mol. The summed E-state index contributed by atoms with van der Waals surface area (Å²) in [5, 5.41) is 2.63.